The van der Waals surface area contributed by atoms with Crippen molar-refractivity contribution in [3.05, 3.63) is 94.1 Å². The second-order valence-corrected chi connectivity index (χ2v) is 7.02. The van der Waals surface area contributed by atoms with Crippen LogP contribution in [0.4, 0.5) is 0 Å². The number of hydrogen-bond acceptors (Lipinski definition) is 2. The fraction of sp³-hybridized carbons (Fsp3) is 0.0476. The molecule has 0 saturated heterocycles. The molecule has 0 fully saturated rings. The van der Waals surface area contributed by atoms with Gasteiger partial charge in [-0.05, 0) is 40.3 Å². The monoisotopic (exact) mass is 437 g/mol. The molecule has 0 unspecified atom stereocenters. The molecule has 0 atom stereocenters. The zero-order valence-corrected chi connectivity index (χ0v) is 15.7. The minimum atomic E-state index is 0.696. The van der Waals surface area contributed by atoms with Crippen LogP contribution in [0.1, 0.15) is 5.56 Å². The Hall–Kier alpha value is -2.47. The molecule has 4 rings (SSSR count). The van der Waals surface area contributed by atoms with Crippen molar-refractivity contribution in [2.45, 2.75) is 6.54 Å². The molecule has 0 aliphatic heterocycles. The molecule has 4 heteroatoms. The molecule has 1 aromatic heterocycles. The van der Waals surface area contributed by atoms with Gasteiger partial charge in [0.25, 0.3) is 0 Å². The third kappa shape index (κ3) is 3.64. The van der Waals surface area contributed by atoms with E-state index in [1.54, 1.807) is 0 Å². The summed E-state index contributed by atoms with van der Waals surface area (Å²) < 4.78 is 3.16. The van der Waals surface area contributed by atoms with Crippen LogP contribution >= 0.6 is 22.6 Å². The first-order chi connectivity index (χ1) is 12.3. The van der Waals surface area contributed by atoms with E-state index in [-0.39, 0.29) is 0 Å². The van der Waals surface area contributed by atoms with Gasteiger partial charge in [0, 0.05) is 14.7 Å². The highest BCUT2D eigenvalue weighted by atomic mass is 127. The molecular formula is C21H16IN3. The Labute approximate surface area is 160 Å². The first-order valence-corrected chi connectivity index (χ1v) is 9.17. The van der Waals surface area contributed by atoms with Gasteiger partial charge in [-0.15, -0.1) is 0 Å². The summed E-state index contributed by atoms with van der Waals surface area (Å²) in [5.41, 5.74) is 3.32. The predicted octanol–water partition coefficient (Wildman–Crippen LogP) is 5.27. The Morgan fingerprint density at radius 3 is 2.16 bits per heavy atom. The number of rotatable bonds is 4. The lowest BCUT2D eigenvalue weighted by Gasteiger charge is -2.06. The van der Waals surface area contributed by atoms with Gasteiger partial charge in [0.15, 0.2) is 11.6 Å². The Bertz CT molecular complexity index is 978. The smallest absolute Gasteiger partial charge is 0.181 e. The topological polar surface area (TPSA) is 30.7 Å². The van der Waals surface area contributed by atoms with Crippen LogP contribution in [0.5, 0.6) is 0 Å². The predicted molar refractivity (Wildman–Crippen MR) is 109 cm³/mol. The number of nitrogens with zero attached hydrogens (tertiary/aromatic N) is 3. The molecule has 3 aromatic carbocycles. The van der Waals surface area contributed by atoms with E-state index < -0.39 is 0 Å². The van der Waals surface area contributed by atoms with E-state index in [1.165, 1.54) is 9.13 Å². The van der Waals surface area contributed by atoms with E-state index in [9.17, 15) is 0 Å². The molecular weight excluding hydrogens is 421 g/mol. The van der Waals surface area contributed by atoms with Gasteiger partial charge in [-0.2, -0.15) is 5.10 Å². The van der Waals surface area contributed by atoms with Gasteiger partial charge in [0.2, 0.25) is 0 Å². The summed E-state index contributed by atoms with van der Waals surface area (Å²) in [6.07, 6.45) is 0. The van der Waals surface area contributed by atoms with E-state index in [1.807, 2.05) is 35.0 Å². The Kier molecular flexibility index (Phi) is 4.61. The first kappa shape index (κ1) is 16.0. The van der Waals surface area contributed by atoms with Crippen molar-refractivity contribution in [2.75, 3.05) is 0 Å². The normalized spacial score (nSPS) is 10.8. The van der Waals surface area contributed by atoms with Crippen molar-refractivity contribution < 1.29 is 0 Å². The van der Waals surface area contributed by atoms with Crippen LogP contribution in [0.15, 0.2) is 84.9 Å². The summed E-state index contributed by atoms with van der Waals surface area (Å²) in [6, 6.07) is 28.9. The summed E-state index contributed by atoms with van der Waals surface area (Å²) in [7, 11) is 0. The Morgan fingerprint density at radius 2 is 1.44 bits per heavy atom. The summed E-state index contributed by atoms with van der Waals surface area (Å²) in [4.78, 5) is 4.84. The highest BCUT2D eigenvalue weighted by Crippen LogP contribution is 2.24. The highest BCUT2D eigenvalue weighted by molar-refractivity contribution is 14.1. The van der Waals surface area contributed by atoms with Gasteiger partial charge in [0.1, 0.15) is 0 Å². The quantitative estimate of drug-likeness (QED) is 0.408. The maximum Gasteiger partial charge on any atom is 0.181 e. The zero-order valence-electron chi connectivity index (χ0n) is 13.5. The maximum atomic E-state index is 4.84. The maximum absolute atomic E-state index is 4.84. The zero-order chi connectivity index (χ0) is 17.1. The lowest BCUT2D eigenvalue weighted by Crippen LogP contribution is -2.04. The van der Waals surface area contributed by atoms with Crippen molar-refractivity contribution in [3.8, 4) is 22.8 Å². The van der Waals surface area contributed by atoms with Crippen LogP contribution in [-0.2, 0) is 6.54 Å². The number of hydrogen-bond donors (Lipinski definition) is 0. The largest absolute Gasteiger partial charge is 0.241 e. The van der Waals surface area contributed by atoms with Crippen molar-refractivity contribution in [1.29, 1.82) is 0 Å². The second kappa shape index (κ2) is 7.19. The van der Waals surface area contributed by atoms with E-state index >= 15 is 0 Å². The van der Waals surface area contributed by atoms with Crippen LogP contribution < -0.4 is 0 Å². The van der Waals surface area contributed by atoms with Gasteiger partial charge in [-0.1, -0.05) is 72.8 Å². The number of aromatic nitrogens is 3. The van der Waals surface area contributed by atoms with Crippen LogP contribution in [0.3, 0.4) is 0 Å². The number of halogens is 1. The Balaban J connectivity index is 1.80. The molecule has 0 amide bonds. The van der Waals surface area contributed by atoms with Crippen LogP contribution in [-0.4, -0.2) is 14.8 Å². The second-order valence-electron chi connectivity index (χ2n) is 5.78. The number of benzene rings is 3. The van der Waals surface area contributed by atoms with Gasteiger partial charge >= 0.3 is 0 Å². The lowest BCUT2D eigenvalue weighted by atomic mass is 10.2. The van der Waals surface area contributed by atoms with Crippen LogP contribution in [0.25, 0.3) is 22.8 Å². The van der Waals surface area contributed by atoms with Crippen molar-refractivity contribution >= 4 is 22.6 Å². The minimum absolute atomic E-state index is 0.696. The van der Waals surface area contributed by atoms with E-state index in [4.69, 9.17) is 10.1 Å². The lowest BCUT2D eigenvalue weighted by molar-refractivity contribution is 0.695. The SMILES string of the molecule is Ic1cccc(-c2nc(-c3ccccc3)n(Cc3ccccc3)n2)c1. The van der Waals surface area contributed by atoms with E-state index in [2.05, 4.69) is 77.2 Å². The highest BCUT2D eigenvalue weighted by Gasteiger charge is 2.14. The van der Waals surface area contributed by atoms with Gasteiger partial charge < -0.3 is 0 Å². The van der Waals surface area contributed by atoms with Crippen LogP contribution in [0, 0.1) is 3.57 Å². The first-order valence-electron chi connectivity index (χ1n) is 8.10. The minimum Gasteiger partial charge on any atom is -0.241 e. The molecule has 0 aliphatic rings. The summed E-state index contributed by atoms with van der Waals surface area (Å²) >= 11 is 2.32. The average molecular weight is 437 g/mol. The van der Waals surface area contributed by atoms with E-state index in [0.29, 0.717) is 6.54 Å². The molecule has 1 heterocycles. The molecule has 0 spiro atoms. The molecule has 3 nitrogen and oxygen atoms in total. The molecule has 4 aromatic rings. The molecule has 0 N–H and O–H groups in total. The fourth-order valence-corrected chi connectivity index (χ4v) is 3.30. The molecule has 0 saturated carbocycles. The van der Waals surface area contributed by atoms with Gasteiger partial charge in [-0.3, -0.25) is 0 Å². The Morgan fingerprint density at radius 1 is 0.760 bits per heavy atom. The van der Waals surface area contributed by atoms with Crippen molar-refractivity contribution in [3.63, 3.8) is 0 Å². The summed E-state index contributed by atoms with van der Waals surface area (Å²) in [5.74, 6) is 1.65. The molecule has 25 heavy (non-hydrogen) atoms. The average Bonchev–Trinajstić information content (AvgIpc) is 3.07. The van der Waals surface area contributed by atoms with Gasteiger partial charge in [-0.25, -0.2) is 9.67 Å². The molecule has 0 bridgehead atoms. The molecule has 0 radical (unpaired) electrons. The summed E-state index contributed by atoms with van der Waals surface area (Å²) in [5, 5.41) is 4.80. The van der Waals surface area contributed by atoms with Crippen LogP contribution in [0.2, 0.25) is 0 Å². The third-order valence-electron chi connectivity index (χ3n) is 3.96. The summed E-state index contributed by atoms with van der Waals surface area (Å²) in [6.45, 7) is 0.696. The fourth-order valence-electron chi connectivity index (χ4n) is 2.76. The molecule has 0 aliphatic carbocycles. The van der Waals surface area contributed by atoms with Crippen molar-refractivity contribution in [1.82, 2.24) is 14.8 Å². The van der Waals surface area contributed by atoms with E-state index in [0.717, 1.165) is 22.8 Å². The van der Waals surface area contributed by atoms with Crippen molar-refractivity contribution in [2.24, 2.45) is 0 Å². The standard InChI is InChI=1S/C21H16IN3/c22-19-13-7-12-18(14-19)20-23-21(17-10-5-2-6-11-17)25(24-20)15-16-8-3-1-4-9-16/h1-14H,15H2. The molecule has 122 valence electrons. The third-order valence-corrected chi connectivity index (χ3v) is 4.63. The van der Waals surface area contributed by atoms with Gasteiger partial charge in [0.05, 0.1) is 6.54 Å².